The lowest BCUT2D eigenvalue weighted by Crippen LogP contribution is -2.12. The fraction of sp³-hybridized carbons (Fsp3) is 0.364. The third-order valence-corrected chi connectivity index (χ3v) is 2.30. The molecule has 1 rings (SSSR count). The van der Waals surface area contributed by atoms with Crippen molar-refractivity contribution in [1.82, 2.24) is 4.98 Å². The molecular weight excluding hydrogens is 276 g/mol. The topological polar surface area (TPSA) is 106 Å². The van der Waals surface area contributed by atoms with Gasteiger partial charge in [-0.15, -0.1) is 0 Å². The van der Waals surface area contributed by atoms with E-state index in [0.29, 0.717) is 0 Å². The van der Waals surface area contributed by atoms with Crippen LogP contribution in [0.3, 0.4) is 0 Å². The summed E-state index contributed by atoms with van der Waals surface area (Å²) in [6.45, 7) is 1.62. The van der Waals surface area contributed by atoms with Crippen LogP contribution in [0.5, 0.6) is 0 Å². The van der Waals surface area contributed by atoms with Crippen LogP contribution in [0.25, 0.3) is 0 Å². The zero-order valence-corrected chi connectivity index (χ0v) is 10.3. The van der Waals surface area contributed by atoms with Gasteiger partial charge in [-0.3, -0.25) is 19.9 Å². The van der Waals surface area contributed by atoms with Gasteiger partial charge in [-0.1, -0.05) is 0 Å². The predicted octanol–water partition coefficient (Wildman–Crippen LogP) is 1.90. The second-order valence-corrected chi connectivity index (χ2v) is 3.54. The number of pyridine rings is 1. The van der Waals surface area contributed by atoms with Crippen molar-refractivity contribution in [3.05, 3.63) is 33.1 Å². The number of alkyl halides is 2. The molecule has 0 saturated heterocycles. The first-order chi connectivity index (χ1) is 9.42. The third-order valence-electron chi connectivity index (χ3n) is 2.30. The number of ether oxygens (including phenoxy) is 1. The van der Waals surface area contributed by atoms with Crippen molar-refractivity contribution < 1.29 is 23.2 Å². The molecule has 0 aliphatic carbocycles. The molecule has 0 N–H and O–H groups in total. The van der Waals surface area contributed by atoms with Gasteiger partial charge in [0.05, 0.1) is 23.5 Å². The van der Waals surface area contributed by atoms with Gasteiger partial charge in [0.25, 0.3) is 12.1 Å². The molecule has 0 fully saturated rings. The number of carbonyl (C=O) groups is 1. The summed E-state index contributed by atoms with van der Waals surface area (Å²) >= 11 is 0. The normalized spacial score (nSPS) is 10.2. The molecule has 0 atom stereocenters. The Morgan fingerprint density at radius 1 is 1.65 bits per heavy atom. The lowest BCUT2D eigenvalue weighted by Gasteiger charge is -2.07. The number of nitriles is 1. The molecule has 7 nitrogen and oxygen atoms in total. The first-order valence-electron chi connectivity index (χ1n) is 5.42. The summed E-state index contributed by atoms with van der Waals surface area (Å²) in [6, 6.07) is 1.34. The fourth-order valence-corrected chi connectivity index (χ4v) is 1.54. The predicted molar refractivity (Wildman–Crippen MR) is 60.9 cm³/mol. The Labute approximate surface area is 111 Å². The first-order valence-corrected chi connectivity index (χ1v) is 5.42. The van der Waals surface area contributed by atoms with Gasteiger partial charge in [-0.2, -0.15) is 5.26 Å². The molecule has 0 aliphatic rings. The highest BCUT2D eigenvalue weighted by molar-refractivity contribution is 5.75. The molecule has 0 unspecified atom stereocenters. The van der Waals surface area contributed by atoms with Crippen LogP contribution in [-0.4, -0.2) is 22.5 Å². The van der Waals surface area contributed by atoms with Crippen LogP contribution in [0.2, 0.25) is 0 Å². The number of carbonyl (C=O) groups excluding carboxylic acids is 1. The SMILES string of the molecule is CCOC(=O)Cc1cnc(C(F)F)c(C#N)c1[N+](=O)[O-]. The van der Waals surface area contributed by atoms with E-state index in [0.717, 1.165) is 6.20 Å². The third kappa shape index (κ3) is 3.23. The number of hydrogen-bond acceptors (Lipinski definition) is 6. The number of hydrogen-bond donors (Lipinski definition) is 0. The van der Waals surface area contributed by atoms with E-state index in [1.807, 2.05) is 0 Å². The lowest BCUT2D eigenvalue weighted by atomic mass is 10.1. The molecule has 106 valence electrons. The van der Waals surface area contributed by atoms with Crippen LogP contribution in [0, 0.1) is 21.4 Å². The van der Waals surface area contributed by atoms with Gasteiger partial charge in [0.2, 0.25) is 0 Å². The molecule has 0 amide bonds. The maximum Gasteiger partial charge on any atom is 0.310 e. The zero-order chi connectivity index (χ0) is 15.3. The summed E-state index contributed by atoms with van der Waals surface area (Å²) in [4.78, 5) is 24.6. The summed E-state index contributed by atoms with van der Waals surface area (Å²) in [5.41, 5.74) is -2.90. The van der Waals surface area contributed by atoms with E-state index in [4.69, 9.17) is 5.26 Å². The highest BCUT2D eigenvalue weighted by Crippen LogP contribution is 2.30. The van der Waals surface area contributed by atoms with Gasteiger partial charge in [-0.05, 0) is 6.92 Å². The smallest absolute Gasteiger partial charge is 0.310 e. The van der Waals surface area contributed by atoms with Crippen LogP contribution in [-0.2, 0) is 16.0 Å². The van der Waals surface area contributed by atoms with Gasteiger partial charge in [0, 0.05) is 6.20 Å². The van der Waals surface area contributed by atoms with E-state index < -0.39 is 40.7 Å². The average molecular weight is 285 g/mol. The van der Waals surface area contributed by atoms with Crippen LogP contribution in [0.15, 0.2) is 6.20 Å². The molecule has 0 aromatic carbocycles. The number of esters is 1. The first kappa shape index (κ1) is 15.4. The molecule has 9 heteroatoms. The molecule has 0 aliphatic heterocycles. The van der Waals surface area contributed by atoms with E-state index in [1.54, 1.807) is 6.92 Å². The Hall–Kier alpha value is -2.63. The standard InChI is InChI=1S/C11H9F2N3O4/c1-2-20-8(17)3-6-5-15-9(11(12)13)7(4-14)10(6)16(18)19/h5,11H,2-3H2,1H3. The minimum Gasteiger partial charge on any atom is -0.466 e. The number of nitrogens with zero attached hydrogens (tertiary/aromatic N) is 3. The van der Waals surface area contributed by atoms with E-state index >= 15 is 0 Å². The van der Waals surface area contributed by atoms with Gasteiger partial charge in [0.15, 0.2) is 5.56 Å². The van der Waals surface area contributed by atoms with Crippen molar-refractivity contribution in [2.24, 2.45) is 0 Å². The van der Waals surface area contributed by atoms with E-state index in [-0.39, 0.29) is 12.2 Å². The van der Waals surface area contributed by atoms with Gasteiger partial charge in [0.1, 0.15) is 11.8 Å². The highest BCUT2D eigenvalue weighted by Gasteiger charge is 2.29. The van der Waals surface area contributed by atoms with Crippen molar-refractivity contribution in [2.45, 2.75) is 19.8 Å². The minimum absolute atomic E-state index is 0.0697. The van der Waals surface area contributed by atoms with Crippen molar-refractivity contribution in [2.75, 3.05) is 6.61 Å². The number of rotatable bonds is 5. The molecule has 0 radical (unpaired) electrons. The van der Waals surface area contributed by atoms with Crippen LogP contribution < -0.4 is 0 Å². The minimum atomic E-state index is -3.13. The molecular formula is C11H9F2N3O4. The molecule has 20 heavy (non-hydrogen) atoms. The molecule has 1 aromatic rings. The van der Waals surface area contributed by atoms with Gasteiger partial charge >= 0.3 is 5.97 Å². The van der Waals surface area contributed by atoms with Crippen molar-refractivity contribution in [1.29, 1.82) is 5.26 Å². The van der Waals surface area contributed by atoms with E-state index in [1.165, 1.54) is 6.07 Å². The van der Waals surface area contributed by atoms with Gasteiger partial charge in [-0.25, -0.2) is 8.78 Å². The monoisotopic (exact) mass is 285 g/mol. The van der Waals surface area contributed by atoms with Crippen LogP contribution >= 0.6 is 0 Å². The Bertz CT molecular complexity index is 584. The summed E-state index contributed by atoms with van der Waals surface area (Å²) in [7, 11) is 0. The summed E-state index contributed by atoms with van der Waals surface area (Å²) < 4.78 is 29.9. The molecule has 1 aromatic heterocycles. The van der Waals surface area contributed by atoms with Crippen LogP contribution in [0.4, 0.5) is 14.5 Å². The van der Waals surface area contributed by atoms with Crippen molar-refractivity contribution >= 4 is 11.7 Å². The highest BCUT2D eigenvalue weighted by atomic mass is 19.3. The average Bonchev–Trinajstić information content (AvgIpc) is 2.37. The Kier molecular flexibility index (Phi) is 5.02. The largest absolute Gasteiger partial charge is 0.466 e. The molecule has 0 bridgehead atoms. The summed E-state index contributed by atoms with van der Waals surface area (Å²) in [5.74, 6) is -0.772. The van der Waals surface area contributed by atoms with Crippen molar-refractivity contribution in [3.63, 3.8) is 0 Å². The zero-order valence-electron chi connectivity index (χ0n) is 10.3. The Balaban J connectivity index is 3.37. The molecule has 0 saturated carbocycles. The summed E-state index contributed by atoms with van der Waals surface area (Å²) in [5, 5.41) is 19.8. The number of halogens is 2. The maximum atomic E-state index is 12.6. The summed E-state index contributed by atoms with van der Waals surface area (Å²) in [6.07, 6.45) is -2.85. The van der Waals surface area contributed by atoms with Gasteiger partial charge < -0.3 is 4.74 Å². The fourth-order valence-electron chi connectivity index (χ4n) is 1.54. The quantitative estimate of drug-likeness (QED) is 0.464. The van der Waals surface area contributed by atoms with E-state index in [2.05, 4.69) is 9.72 Å². The Morgan fingerprint density at radius 2 is 2.30 bits per heavy atom. The number of aromatic nitrogens is 1. The molecule has 1 heterocycles. The number of nitro groups is 1. The lowest BCUT2D eigenvalue weighted by molar-refractivity contribution is -0.386. The van der Waals surface area contributed by atoms with Crippen molar-refractivity contribution in [3.8, 4) is 6.07 Å². The molecule has 0 spiro atoms. The van der Waals surface area contributed by atoms with E-state index in [9.17, 15) is 23.7 Å². The second kappa shape index (κ2) is 6.51. The maximum absolute atomic E-state index is 12.6. The Morgan fingerprint density at radius 3 is 2.75 bits per heavy atom. The van der Waals surface area contributed by atoms with Crippen LogP contribution in [0.1, 0.15) is 30.2 Å². The second-order valence-electron chi connectivity index (χ2n) is 3.54.